The lowest BCUT2D eigenvalue weighted by Crippen LogP contribution is -1.99. The Morgan fingerprint density at radius 1 is 1.57 bits per heavy atom. The fraction of sp³-hybridized carbons (Fsp3) is 0.300. The molecule has 0 amide bonds. The van der Waals surface area contributed by atoms with Crippen LogP contribution in [-0.2, 0) is 4.79 Å². The maximum atomic E-state index is 10.6. The van der Waals surface area contributed by atoms with Crippen molar-refractivity contribution in [3.8, 4) is 0 Å². The molecule has 2 nitrogen and oxygen atoms in total. The van der Waals surface area contributed by atoms with Crippen molar-refractivity contribution in [3.05, 3.63) is 29.3 Å². The number of hydrogen-bond acceptors (Lipinski definition) is 2. The molecule has 14 heavy (non-hydrogen) atoms. The maximum Gasteiger partial charge on any atom is 0.307 e. The summed E-state index contributed by atoms with van der Waals surface area (Å²) in [5, 5.41) is 9.64. The number of carboxylic acids is 1. The van der Waals surface area contributed by atoms with Gasteiger partial charge in [0.05, 0.1) is 5.92 Å². The normalized spacial score (nSPS) is 24.6. The number of hydrogen-bond donors (Lipinski definition) is 1. The fourth-order valence-corrected chi connectivity index (χ4v) is 2.82. The van der Waals surface area contributed by atoms with Crippen LogP contribution in [0.4, 0.5) is 0 Å². The van der Waals surface area contributed by atoms with Crippen molar-refractivity contribution in [3.63, 3.8) is 0 Å². The number of thioether (sulfide) groups is 1. The van der Waals surface area contributed by atoms with Crippen LogP contribution in [0.1, 0.15) is 6.42 Å². The fourth-order valence-electron chi connectivity index (χ4n) is 1.28. The Labute approximate surface area is 91.3 Å². The molecule has 4 heteroatoms. The zero-order valence-corrected chi connectivity index (χ0v) is 8.89. The largest absolute Gasteiger partial charge is 0.481 e. The van der Waals surface area contributed by atoms with Gasteiger partial charge in [0.1, 0.15) is 0 Å². The molecule has 1 aliphatic carbocycles. The second-order valence-corrected chi connectivity index (χ2v) is 5.04. The Morgan fingerprint density at radius 3 is 2.93 bits per heavy atom. The Kier molecular flexibility index (Phi) is 2.70. The van der Waals surface area contributed by atoms with E-state index in [1.807, 2.05) is 24.3 Å². The van der Waals surface area contributed by atoms with E-state index in [-0.39, 0.29) is 11.2 Å². The summed E-state index contributed by atoms with van der Waals surface area (Å²) in [5.41, 5.74) is 0. The quantitative estimate of drug-likeness (QED) is 0.865. The molecule has 1 saturated carbocycles. The molecule has 0 aromatic heterocycles. The van der Waals surface area contributed by atoms with Crippen LogP contribution in [-0.4, -0.2) is 16.3 Å². The topological polar surface area (TPSA) is 37.3 Å². The summed E-state index contributed by atoms with van der Waals surface area (Å²) in [4.78, 5) is 11.6. The summed E-state index contributed by atoms with van der Waals surface area (Å²) in [7, 11) is 0. The van der Waals surface area contributed by atoms with Crippen molar-refractivity contribution in [2.45, 2.75) is 16.6 Å². The Hall–Kier alpha value is -0.670. The van der Waals surface area contributed by atoms with E-state index < -0.39 is 5.97 Å². The van der Waals surface area contributed by atoms with Crippen LogP contribution in [0.2, 0.25) is 5.02 Å². The molecule has 2 unspecified atom stereocenters. The molecule has 0 saturated heterocycles. The van der Waals surface area contributed by atoms with Gasteiger partial charge in [-0.1, -0.05) is 17.7 Å². The van der Waals surface area contributed by atoms with Crippen LogP contribution in [0, 0.1) is 5.92 Å². The highest BCUT2D eigenvalue weighted by Crippen LogP contribution is 2.45. The van der Waals surface area contributed by atoms with Gasteiger partial charge in [-0.2, -0.15) is 0 Å². The first-order valence-corrected chi connectivity index (χ1v) is 5.57. The van der Waals surface area contributed by atoms with Crippen LogP contribution in [0.3, 0.4) is 0 Å². The van der Waals surface area contributed by atoms with Gasteiger partial charge >= 0.3 is 5.97 Å². The Morgan fingerprint density at radius 2 is 2.36 bits per heavy atom. The third-order valence-electron chi connectivity index (χ3n) is 2.13. The third-order valence-corrected chi connectivity index (χ3v) is 3.72. The molecule has 2 rings (SSSR count). The minimum Gasteiger partial charge on any atom is -0.481 e. The minimum atomic E-state index is -0.690. The van der Waals surface area contributed by atoms with Gasteiger partial charge in [0, 0.05) is 15.2 Å². The van der Waals surface area contributed by atoms with E-state index in [9.17, 15) is 4.79 Å². The van der Waals surface area contributed by atoms with E-state index in [1.165, 1.54) is 0 Å². The van der Waals surface area contributed by atoms with Crippen molar-refractivity contribution in [1.29, 1.82) is 0 Å². The molecule has 1 aromatic carbocycles. The van der Waals surface area contributed by atoms with Crippen molar-refractivity contribution in [2.75, 3.05) is 0 Å². The molecule has 1 aromatic rings. The number of aliphatic carboxylic acids is 1. The molecule has 0 spiro atoms. The molecule has 0 heterocycles. The van der Waals surface area contributed by atoms with Gasteiger partial charge in [0.25, 0.3) is 0 Å². The Bertz CT molecular complexity index is 367. The summed E-state index contributed by atoms with van der Waals surface area (Å²) in [6, 6.07) is 7.51. The molecule has 1 aliphatic rings. The first-order chi connectivity index (χ1) is 6.66. The number of carbonyl (C=O) groups is 1. The molecule has 0 radical (unpaired) electrons. The monoisotopic (exact) mass is 228 g/mol. The summed E-state index contributed by atoms with van der Waals surface area (Å²) < 4.78 is 0. The predicted molar refractivity (Wildman–Crippen MR) is 56.8 cm³/mol. The zero-order valence-electron chi connectivity index (χ0n) is 7.31. The standard InChI is InChI=1S/C10H9ClO2S/c11-6-2-1-3-7(4-6)14-9-5-8(9)10(12)13/h1-4,8-9H,5H2,(H,12,13). The van der Waals surface area contributed by atoms with Crippen LogP contribution in [0.25, 0.3) is 0 Å². The van der Waals surface area contributed by atoms with Gasteiger partial charge in [-0.05, 0) is 24.6 Å². The van der Waals surface area contributed by atoms with Gasteiger partial charge in [-0.3, -0.25) is 4.79 Å². The van der Waals surface area contributed by atoms with Crippen molar-refractivity contribution < 1.29 is 9.90 Å². The highest BCUT2D eigenvalue weighted by molar-refractivity contribution is 8.00. The number of benzene rings is 1. The SMILES string of the molecule is O=C(O)C1CC1Sc1cccc(Cl)c1. The molecule has 74 valence electrons. The van der Waals surface area contributed by atoms with Crippen molar-refractivity contribution in [1.82, 2.24) is 0 Å². The van der Waals surface area contributed by atoms with E-state index in [0.29, 0.717) is 5.02 Å². The zero-order chi connectivity index (χ0) is 10.1. The van der Waals surface area contributed by atoms with Gasteiger partial charge in [-0.15, -0.1) is 11.8 Å². The highest BCUT2D eigenvalue weighted by atomic mass is 35.5. The summed E-state index contributed by atoms with van der Waals surface area (Å²) >= 11 is 7.41. The lowest BCUT2D eigenvalue weighted by atomic mass is 10.4. The third kappa shape index (κ3) is 2.22. The van der Waals surface area contributed by atoms with E-state index in [1.54, 1.807) is 11.8 Å². The minimum absolute atomic E-state index is 0.168. The smallest absolute Gasteiger partial charge is 0.307 e. The van der Waals surface area contributed by atoms with Gasteiger partial charge in [-0.25, -0.2) is 0 Å². The van der Waals surface area contributed by atoms with E-state index in [4.69, 9.17) is 16.7 Å². The second-order valence-electron chi connectivity index (χ2n) is 3.29. The van der Waals surface area contributed by atoms with E-state index in [2.05, 4.69) is 0 Å². The van der Waals surface area contributed by atoms with Crippen LogP contribution < -0.4 is 0 Å². The van der Waals surface area contributed by atoms with Gasteiger partial charge in [0.15, 0.2) is 0 Å². The number of halogens is 1. The average molecular weight is 229 g/mol. The van der Waals surface area contributed by atoms with Crippen molar-refractivity contribution in [2.24, 2.45) is 5.92 Å². The van der Waals surface area contributed by atoms with Crippen LogP contribution in [0.5, 0.6) is 0 Å². The molecular formula is C10H9ClO2S. The first-order valence-electron chi connectivity index (χ1n) is 4.32. The molecule has 0 aliphatic heterocycles. The summed E-state index contributed by atoms with van der Waals surface area (Å²) in [6.07, 6.45) is 0.770. The van der Waals surface area contributed by atoms with Crippen molar-refractivity contribution >= 4 is 29.3 Å². The van der Waals surface area contributed by atoms with E-state index in [0.717, 1.165) is 11.3 Å². The molecule has 0 bridgehead atoms. The van der Waals surface area contributed by atoms with Gasteiger partial charge in [0.2, 0.25) is 0 Å². The summed E-state index contributed by atoms with van der Waals surface area (Å²) in [5.74, 6) is -0.858. The van der Waals surface area contributed by atoms with E-state index >= 15 is 0 Å². The molecule has 1 fully saturated rings. The summed E-state index contributed by atoms with van der Waals surface area (Å²) in [6.45, 7) is 0. The maximum absolute atomic E-state index is 10.6. The second kappa shape index (κ2) is 3.83. The first kappa shape index (κ1) is 9.87. The predicted octanol–water partition coefficient (Wildman–Crippen LogP) is 2.91. The molecule has 1 N–H and O–H groups in total. The number of rotatable bonds is 3. The Balaban J connectivity index is 1.97. The lowest BCUT2D eigenvalue weighted by Gasteiger charge is -1.99. The lowest BCUT2D eigenvalue weighted by molar-refractivity contribution is -0.138. The molecule has 2 atom stereocenters. The molecular weight excluding hydrogens is 220 g/mol. The highest BCUT2D eigenvalue weighted by Gasteiger charge is 2.43. The van der Waals surface area contributed by atoms with Crippen LogP contribution in [0.15, 0.2) is 29.2 Å². The average Bonchev–Trinajstić information content (AvgIpc) is 2.84. The number of carboxylic acid groups (broad SMARTS) is 1. The van der Waals surface area contributed by atoms with Gasteiger partial charge < -0.3 is 5.11 Å². The van der Waals surface area contributed by atoms with Crippen LogP contribution >= 0.6 is 23.4 Å².